The van der Waals surface area contributed by atoms with Gasteiger partial charge in [0.1, 0.15) is 0 Å². The number of nitrogens with one attached hydrogen (secondary N) is 1. The number of benzene rings is 1. The maximum Gasteiger partial charge on any atom is 0.243 e. The first kappa shape index (κ1) is 13.4. The van der Waals surface area contributed by atoms with Crippen molar-refractivity contribution >= 4 is 21.8 Å². The molecule has 1 aromatic rings. The van der Waals surface area contributed by atoms with Gasteiger partial charge < -0.3 is 5.32 Å². The first-order valence-electron chi connectivity index (χ1n) is 6.46. The number of rotatable bonds is 3. The van der Waals surface area contributed by atoms with E-state index in [9.17, 15) is 8.42 Å². The molecular formula is C13H18N2O2S2. The summed E-state index contributed by atoms with van der Waals surface area (Å²) in [6.07, 6.45) is 1.96. The minimum absolute atomic E-state index is 0.423. The number of hydrogen-bond donors (Lipinski definition) is 1. The van der Waals surface area contributed by atoms with Crippen molar-refractivity contribution in [1.82, 2.24) is 9.62 Å². The van der Waals surface area contributed by atoms with Gasteiger partial charge in [-0.15, -0.1) is 11.8 Å². The third-order valence-electron chi connectivity index (χ3n) is 4.03. The molecule has 19 heavy (non-hydrogen) atoms. The van der Waals surface area contributed by atoms with Crippen LogP contribution >= 0.6 is 11.8 Å². The Balaban J connectivity index is 1.86. The molecular weight excluding hydrogens is 280 g/mol. The van der Waals surface area contributed by atoms with Gasteiger partial charge in [-0.2, -0.15) is 4.31 Å². The Morgan fingerprint density at radius 1 is 1.26 bits per heavy atom. The summed E-state index contributed by atoms with van der Waals surface area (Å²) in [5.41, 5.74) is 0. The number of fused-ring (bicyclic) bond motifs is 1. The highest BCUT2D eigenvalue weighted by atomic mass is 32.2. The van der Waals surface area contributed by atoms with E-state index in [1.54, 1.807) is 28.2 Å². The number of sulfonamides is 1. The van der Waals surface area contributed by atoms with Gasteiger partial charge in [-0.25, -0.2) is 8.42 Å². The predicted octanol–water partition coefficient (Wildman–Crippen LogP) is 1.25. The molecule has 0 unspecified atom stereocenters. The molecule has 1 aromatic carbocycles. The minimum Gasteiger partial charge on any atom is -0.316 e. The first-order chi connectivity index (χ1) is 9.11. The monoisotopic (exact) mass is 298 g/mol. The van der Waals surface area contributed by atoms with E-state index in [2.05, 4.69) is 5.32 Å². The normalized spacial score (nSPS) is 27.6. The van der Waals surface area contributed by atoms with Crippen molar-refractivity contribution in [1.29, 1.82) is 0 Å². The Hall–Kier alpha value is -0.560. The molecule has 3 rings (SSSR count). The lowest BCUT2D eigenvalue weighted by Gasteiger charge is -2.17. The summed E-state index contributed by atoms with van der Waals surface area (Å²) >= 11 is 1.57. The second kappa shape index (κ2) is 5.09. The van der Waals surface area contributed by atoms with Crippen LogP contribution in [0.3, 0.4) is 0 Å². The molecule has 2 saturated heterocycles. The van der Waals surface area contributed by atoms with E-state index in [-0.39, 0.29) is 0 Å². The molecule has 0 aromatic heterocycles. The summed E-state index contributed by atoms with van der Waals surface area (Å²) in [5.74, 6) is 0.969. The minimum atomic E-state index is -3.32. The molecule has 2 fully saturated rings. The molecule has 0 aliphatic carbocycles. The maximum absolute atomic E-state index is 12.6. The van der Waals surface area contributed by atoms with Gasteiger partial charge in [0.05, 0.1) is 4.90 Å². The van der Waals surface area contributed by atoms with E-state index in [1.807, 2.05) is 18.4 Å². The number of hydrogen-bond acceptors (Lipinski definition) is 4. The zero-order valence-electron chi connectivity index (χ0n) is 10.9. The lowest BCUT2D eigenvalue weighted by atomic mass is 10.0. The largest absolute Gasteiger partial charge is 0.316 e. The summed E-state index contributed by atoms with van der Waals surface area (Å²) in [5, 5.41) is 3.33. The molecule has 0 spiro atoms. The van der Waals surface area contributed by atoms with Gasteiger partial charge in [0, 0.05) is 18.0 Å². The van der Waals surface area contributed by atoms with Crippen LogP contribution in [0.2, 0.25) is 0 Å². The highest BCUT2D eigenvalue weighted by molar-refractivity contribution is 7.98. The molecule has 0 amide bonds. The standard InChI is InChI=1S/C13H18N2O2S2/c1-18-12-3-2-4-13(5-12)19(16,17)15-8-10-6-14-7-11(10)9-15/h2-5,10-11,14H,6-9H2,1H3/t10-,11+. The Kier molecular flexibility index (Phi) is 3.59. The second-order valence-corrected chi connectivity index (χ2v) is 8.00. The fourth-order valence-electron chi connectivity index (χ4n) is 2.92. The van der Waals surface area contributed by atoms with E-state index in [0.717, 1.165) is 18.0 Å². The van der Waals surface area contributed by atoms with Crippen molar-refractivity contribution in [2.75, 3.05) is 32.4 Å². The van der Waals surface area contributed by atoms with Crippen LogP contribution in [0, 0.1) is 11.8 Å². The molecule has 0 radical (unpaired) electrons. The molecule has 0 bridgehead atoms. The average molecular weight is 298 g/mol. The first-order valence-corrected chi connectivity index (χ1v) is 9.12. The van der Waals surface area contributed by atoms with Gasteiger partial charge in [0.15, 0.2) is 0 Å². The SMILES string of the molecule is CSc1cccc(S(=O)(=O)N2C[C@H]3CNC[C@H]3C2)c1. The molecule has 104 valence electrons. The zero-order chi connectivity index (χ0) is 13.5. The van der Waals surface area contributed by atoms with Crippen LogP contribution in [0.15, 0.2) is 34.1 Å². The molecule has 2 heterocycles. The van der Waals surface area contributed by atoms with Crippen molar-refractivity contribution in [3.63, 3.8) is 0 Å². The second-order valence-electron chi connectivity index (χ2n) is 5.18. The molecule has 4 nitrogen and oxygen atoms in total. The summed E-state index contributed by atoms with van der Waals surface area (Å²) < 4.78 is 26.9. The Labute approximate surface area is 118 Å². The lowest BCUT2D eigenvalue weighted by Crippen LogP contribution is -2.31. The highest BCUT2D eigenvalue weighted by Crippen LogP contribution is 2.31. The van der Waals surface area contributed by atoms with Crippen LogP contribution in [-0.2, 0) is 10.0 Å². The number of thioether (sulfide) groups is 1. The van der Waals surface area contributed by atoms with Crippen molar-refractivity contribution in [3.05, 3.63) is 24.3 Å². The van der Waals surface area contributed by atoms with Crippen LogP contribution in [-0.4, -0.2) is 45.2 Å². The van der Waals surface area contributed by atoms with Gasteiger partial charge in [-0.3, -0.25) is 0 Å². The van der Waals surface area contributed by atoms with Crippen LogP contribution in [0.1, 0.15) is 0 Å². The third kappa shape index (κ3) is 2.42. The quantitative estimate of drug-likeness (QED) is 0.853. The summed E-state index contributed by atoms with van der Waals surface area (Å²) in [7, 11) is -3.32. The topological polar surface area (TPSA) is 49.4 Å². The van der Waals surface area contributed by atoms with Crippen LogP contribution in [0.4, 0.5) is 0 Å². The summed E-state index contributed by atoms with van der Waals surface area (Å²) in [4.78, 5) is 1.41. The Bertz CT molecular complexity index is 562. The van der Waals surface area contributed by atoms with Gasteiger partial charge >= 0.3 is 0 Å². The van der Waals surface area contributed by atoms with Crippen LogP contribution in [0.25, 0.3) is 0 Å². The smallest absolute Gasteiger partial charge is 0.243 e. The Morgan fingerprint density at radius 3 is 2.58 bits per heavy atom. The van der Waals surface area contributed by atoms with Crippen molar-refractivity contribution < 1.29 is 8.42 Å². The maximum atomic E-state index is 12.6. The molecule has 2 aliphatic heterocycles. The fraction of sp³-hybridized carbons (Fsp3) is 0.538. The van der Waals surface area contributed by atoms with Gasteiger partial charge in [0.2, 0.25) is 10.0 Å². The predicted molar refractivity (Wildman–Crippen MR) is 76.8 cm³/mol. The van der Waals surface area contributed by atoms with Crippen molar-refractivity contribution in [2.24, 2.45) is 11.8 Å². The van der Waals surface area contributed by atoms with E-state index in [0.29, 0.717) is 29.8 Å². The van der Waals surface area contributed by atoms with E-state index < -0.39 is 10.0 Å². The molecule has 2 atom stereocenters. The van der Waals surface area contributed by atoms with Crippen molar-refractivity contribution in [2.45, 2.75) is 9.79 Å². The summed E-state index contributed by atoms with van der Waals surface area (Å²) in [6.45, 7) is 3.20. The van der Waals surface area contributed by atoms with Crippen LogP contribution < -0.4 is 5.32 Å². The molecule has 1 N–H and O–H groups in total. The molecule has 6 heteroatoms. The van der Waals surface area contributed by atoms with E-state index in [1.165, 1.54) is 0 Å². The van der Waals surface area contributed by atoms with Gasteiger partial charge in [-0.05, 0) is 49.4 Å². The third-order valence-corrected chi connectivity index (χ3v) is 6.59. The fourth-order valence-corrected chi connectivity index (χ4v) is 5.05. The van der Waals surface area contributed by atoms with Crippen LogP contribution in [0.5, 0.6) is 0 Å². The Morgan fingerprint density at radius 2 is 1.95 bits per heavy atom. The van der Waals surface area contributed by atoms with E-state index in [4.69, 9.17) is 0 Å². The van der Waals surface area contributed by atoms with E-state index >= 15 is 0 Å². The van der Waals surface area contributed by atoms with Gasteiger partial charge in [0.25, 0.3) is 0 Å². The van der Waals surface area contributed by atoms with Crippen molar-refractivity contribution in [3.8, 4) is 0 Å². The average Bonchev–Trinajstić information content (AvgIpc) is 2.99. The lowest BCUT2D eigenvalue weighted by molar-refractivity contribution is 0.448. The summed E-state index contributed by atoms with van der Waals surface area (Å²) in [6, 6.07) is 7.22. The number of nitrogens with zero attached hydrogens (tertiary/aromatic N) is 1. The highest BCUT2D eigenvalue weighted by Gasteiger charge is 2.41. The molecule has 0 saturated carbocycles. The zero-order valence-corrected chi connectivity index (χ0v) is 12.5. The van der Waals surface area contributed by atoms with Gasteiger partial charge in [-0.1, -0.05) is 6.07 Å². The molecule has 2 aliphatic rings.